The molecule has 1 fully saturated rings. The van der Waals surface area contributed by atoms with Gasteiger partial charge in [-0.25, -0.2) is 9.48 Å². The van der Waals surface area contributed by atoms with Crippen LogP contribution in [0, 0.1) is 0 Å². The van der Waals surface area contributed by atoms with E-state index in [1.807, 2.05) is 45.0 Å². The average Bonchev–Trinajstić information content (AvgIpc) is 2.89. The van der Waals surface area contributed by atoms with E-state index in [2.05, 4.69) is 15.7 Å². The minimum absolute atomic E-state index is 0.191. The second-order valence-corrected chi connectivity index (χ2v) is 11.7. The molecule has 4 rings (SSSR count). The largest absolute Gasteiger partial charge is 0.477 e. The van der Waals surface area contributed by atoms with Crippen molar-refractivity contribution in [2.24, 2.45) is 0 Å². The molecule has 0 bridgehead atoms. The number of carbonyl (C=O) groups excluding carboxylic acids is 3. The van der Waals surface area contributed by atoms with E-state index in [1.165, 1.54) is 4.68 Å². The van der Waals surface area contributed by atoms with E-state index in [0.29, 0.717) is 19.9 Å². The number of rotatable bonds is 10. The summed E-state index contributed by atoms with van der Waals surface area (Å²) >= 11 is 0. The maximum Gasteiger partial charge on any atom is 0.412 e. The van der Waals surface area contributed by atoms with Crippen LogP contribution in [-0.2, 0) is 20.7 Å². The molecule has 1 aliphatic rings. The number of piperidine rings is 1. The van der Waals surface area contributed by atoms with Gasteiger partial charge >= 0.3 is 6.09 Å². The Hall–Kier alpha value is -3.78. The first-order chi connectivity index (χ1) is 19.1. The Bertz CT molecular complexity index is 1430. The van der Waals surface area contributed by atoms with Gasteiger partial charge in [0, 0.05) is 23.7 Å². The standard InChI is InChI=1S/C29H35N4O6P/c1-29(2,3)38-28(37)31-21-9-11-22(12-10-21)39-40-16-6-4-5-7-19-8-13-23-20(17-19)18-30-33(27(23)36)24-14-15-25(34)32-26(24)35/h8-13,17-18,24,40H,4-7,14-16H2,1-3H3,(H,31,37)(H,32,34,35). The quantitative estimate of drug-likeness (QED) is 0.198. The van der Waals surface area contributed by atoms with Crippen molar-refractivity contribution >= 4 is 43.2 Å². The van der Waals surface area contributed by atoms with Crippen molar-refractivity contribution in [2.45, 2.75) is 70.9 Å². The van der Waals surface area contributed by atoms with Crippen LogP contribution in [-0.4, -0.2) is 39.5 Å². The van der Waals surface area contributed by atoms with Crippen LogP contribution in [0.2, 0.25) is 0 Å². The third-order valence-corrected chi connectivity index (χ3v) is 7.25. The number of unbranched alkanes of at least 4 members (excludes halogenated alkanes) is 2. The van der Waals surface area contributed by atoms with Crippen molar-refractivity contribution in [1.82, 2.24) is 15.1 Å². The molecule has 2 aromatic carbocycles. The maximum absolute atomic E-state index is 12.9. The summed E-state index contributed by atoms with van der Waals surface area (Å²) in [6.45, 7) is 5.45. The third-order valence-electron chi connectivity index (χ3n) is 6.31. The third kappa shape index (κ3) is 8.11. The van der Waals surface area contributed by atoms with Crippen LogP contribution in [0.1, 0.15) is 64.5 Å². The number of fused-ring (bicyclic) bond motifs is 1. The Balaban J connectivity index is 1.17. The number of aromatic nitrogens is 2. The number of hydrogen-bond donors (Lipinski definition) is 2. The fraction of sp³-hybridized carbons (Fsp3) is 0.414. The van der Waals surface area contributed by atoms with Crippen LogP contribution in [0.4, 0.5) is 10.5 Å². The van der Waals surface area contributed by atoms with Gasteiger partial charge in [-0.3, -0.25) is 25.0 Å². The van der Waals surface area contributed by atoms with E-state index in [4.69, 9.17) is 9.26 Å². The molecule has 3 amide bonds. The number of hydrogen-bond acceptors (Lipinski definition) is 7. The van der Waals surface area contributed by atoms with Crippen molar-refractivity contribution < 1.29 is 23.6 Å². The second-order valence-electron chi connectivity index (χ2n) is 10.7. The summed E-state index contributed by atoms with van der Waals surface area (Å²) in [5.41, 5.74) is 0.905. The highest BCUT2D eigenvalue weighted by Crippen LogP contribution is 2.24. The van der Waals surface area contributed by atoms with Gasteiger partial charge in [0.1, 0.15) is 17.4 Å². The number of benzene rings is 2. The summed E-state index contributed by atoms with van der Waals surface area (Å²) in [6.07, 6.45) is 6.55. The summed E-state index contributed by atoms with van der Waals surface area (Å²) in [5.74, 6) is -0.0543. The molecule has 1 saturated heterocycles. The number of nitrogens with one attached hydrogen (secondary N) is 2. The molecule has 2 N–H and O–H groups in total. The van der Waals surface area contributed by atoms with Crippen LogP contribution in [0.3, 0.4) is 0 Å². The highest BCUT2D eigenvalue weighted by Gasteiger charge is 2.29. The van der Waals surface area contributed by atoms with Gasteiger partial charge in [-0.05, 0) is 88.4 Å². The predicted molar refractivity (Wildman–Crippen MR) is 155 cm³/mol. The van der Waals surface area contributed by atoms with E-state index in [9.17, 15) is 19.2 Å². The molecule has 2 atom stereocenters. The number of amides is 3. The number of carbonyl (C=O) groups is 3. The van der Waals surface area contributed by atoms with Crippen LogP contribution < -0.4 is 20.7 Å². The van der Waals surface area contributed by atoms with Crippen molar-refractivity contribution in [3.8, 4) is 5.75 Å². The van der Waals surface area contributed by atoms with Gasteiger partial charge < -0.3 is 9.26 Å². The summed E-state index contributed by atoms with van der Waals surface area (Å²) in [4.78, 5) is 48.4. The molecule has 0 spiro atoms. The smallest absolute Gasteiger partial charge is 0.412 e. The van der Waals surface area contributed by atoms with Gasteiger partial charge in [0.25, 0.3) is 11.5 Å². The number of anilines is 1. The van der Waals surface area contributed by atoms with E-state index in [0.717, 1.165) is 48.5 Å². The summed E-state index contributed by atoms with van der Waals surface area (Å²) in [7, 11) is 0.351. The molecule has 11 heteroatoms. The van der Waals surface area contributed by atoms with Crippen molar-refractivity contribution in [3.63, 3.8) is 0 Å². The minimum Gasteiger partial charge on any atom is -0.477 e. The van der Waals surface area contributed by atoms with Crippen molar-refractivity contribution in [2.75, 3.05) is 11.5 Å². The lowest BCUT2D eigenvalue weighted by molar-refractivity contribution is -0.136. The van der Waals surface area contributed by atoms with Gasteiger partial charge in [-0.1, -0.05) is 12.5 Å². The lowest BCUT2D eigenvalue weighted by Crippen LogP contribution is -2.45. The van der Waals surface area contributed by atoms with Crippen LogP contribution >= 0.6 is 8.81 Å². The highest BCUT2D eigenvalue weighted by molar-refractivity contribution is 7.32. The first-order valence-corrected chi connectivity index (χ1v) is 14.5. The lowest BCUT2D eigenvalue weighted by Gasteiger charge is -2.21. The molecule has 1 aliphatic heterocycles. The molecular weight excluding hydrogens is 531 g/mol. The number of imide groups is 1. The van der Waals surface area contributed by atoms with E-state index >= 15 is 0 Å². The number of nitrogens with zero attached hydrogens (tertiary/aromatic N) is 2. The molecule has 2 heterocycles. The Morgan fingerprint density at radius 1 is 1.10 bits per heavy atom. The SMILES string of the molecule is CC(C)(C)OC(=O)Nc1ccc(OPCCCCCc2ccc3c(=O)n(C4CCC(=O)NC4=O)ncc3c2)cc1. The zero-order valence-electron chi connectivity index (χ0n) is 23.0. The fourth-order valence-corrected chi connectivity index (χ4v) is 5.17. The van der Waals surface area contributed by atoms with Crippen molar-refractivity contribution in [3.05, 3.63) is 64.6 Å². The molecule has 3 aromatic rings. The summed E-state index contributed by atoms with van der Waals surface area (Å²) in [6, 6.07) is 12.2. The van der Waals surface area contributed by atoms with Crippen LogP contribution in [0.25, 0.3) is 10.8 Å². The van der Waals surface area contributed by atoms with Gasteiger partial charge in [0.2, 0.25) is 5.91 Å². The zero-order chi connectivity index (χ0) is 28.7. The molecule has 0 aliphatic carbocycles. The first kappa shape index (κ1) is 29.2. The molecule has 2 unspecified atom stereocenters. The van der Waals surface area contributed by atoms with Gasteiger partial charge in [-0.2, -0.15) is 5.10 Å². The molecule has 10 nitrogen and oxygen atoms in total. The number of aryl methyl sites for hydroxylation is 1. The van der Waals surface area contributed by atoms with E-state index < -0.39 is 23.6 Å². The van der Waals surface area contributed by atoms with Gasteiger partial charge in [0.05, 0.1) is 20.4 Å². The normalized spacial score (nSPS) is 15.8. The van der Waals surface area contributed by atoms with Crippen molar-refractivity contribution in [1.29, 1.82) is 0 Å². The molecule has 212 valence electrons. The number of ether oxygens (including phenoxy) is 1. The lowest BCUT2D eigenvalue weighted by atomic mass is 10.0. The Kier molecular flexibility index (Phi) is 9.53. The minimum atomic E-state index is -0.764. The van der Waals surface area contributed by atoms with E-state index in [1.54, 1.807) is 24.4 Å². The predicted octanol–water partition coefficient (Wildman–Crippen LogP) is 5.11. The second kappa shape index (κ2) is 13.0. The Labute approximate surface area is 234 Å². The molecule has 0 saturated carbocycles. The summed E-state index contributed by atoms with van der Waals surface area (Å²) in [5, 5.41) is 10.5. The van der Waals surface area contributed by atoms with E-state index in [-0.39, 0.29) is 24.3 Å². The highest BCUT2D eigenvalue weighted by atomic mass is 31.1. The molecule has 0 radical (unpaired) electrons. The first-order valence-electron chi connectivity index (χ1n) is 13.4. The summed E-state index contributed by atoms with van der Waals surface area (Å²) < 4.78 is 12.3. The topological polar surface area (TPSA) is 129 Å². The molecular formula is C29H35N4O6P. The molecule has 40 heavy (non-hydrogen) atoms. The molecule has 1 aromatic heterocycles. The Morgan fingerprint density at radius 2 is 1.88 bits per heavy atom. The van der Waals surface area contributed by atoms with Gasteiger partial charge in [-0.15, -0.1) is 0 Å². The Morgan fingerprint density at radius 3 is 2.60 bits per heavy atom. The van der Waals surface area contributed by atoms with Crippen LogP contribution in [0.5, 0.6) is 5.75 Å². The fourth-order valence-electron chi connectivity index (χ4n) is 4.37. The zero-order valence-corrected chi connectivity index (χ0v) is 24.0. The van der Waals surface area contributed by atoms with Crippen LogP contribution in [0.15, 0.2) is 53.5 Å². The maximum atomic E-state index is 12.9. The van der Waals surface area contributed by atoms with Gasteiger partial charge in [0.15, 0.2) is 0 Å². The monoisotopic (exact) mass is 566 g/mol. The average molecular weight is 567 g/mol.